The lowest BCUT2D eigenvalue weighted by atomic mass is 10.0. The van der Waals surface area contributed by atoms with Gasteiger partial charge in [0, 0.05) is 17.7 Å². The van der Waals surface area contributed by atoms with Crippen LogP contribution in [-0.4, -0.2) is 27.5 Å². The van der Waals surface area contributed by atoms with E-state index in [-0.39, 0.29) is 16.8 Å². The van der Waals surface area contributed by atoms with Crippen molar-refractivity contribution in [1.82, 2.24) is 5.32 Å². The van der Waals surface area contributed by atoms with Crippen LogP contribution in [0.5, 0.6) is 5.75 Å². The zero-order valence-corrected chi connectivity index (χ0v) is 16.4. The van der Waals surface area contributed by atoms with E-state index in [4.69, 9.17) is 4.74 Å². The summed E-state index contributed by atoms with van der Waals surface area (Å²) >= 11 is 0. The molecule has 1 aliphatic carbocycles. The molecular formula is C21H21N2O4S. The average molecular weight is 397 g/mol. The van der Waals surface area contributed by atoms with Crippen LogP contribution in [0.2, 0.25) is 0 Å². The van der Waals surface area contributed by atoms with Crippen molar-refractivity contribution in [3.63, 3.8) is 0 Å². The molecule has 1 aliphatic rings. The molecule has 0 spiro atoms. The van der Waals surface area contributed by atoms with Crippen molar-refractivity contribution in [2.45, 2.75) is 17.9 Å². The number of carbonyl (C=O) groups excluding carboxylic acids is 1. The molecule has 0 bridgehead atoms. The molecule has 1 unspecified atom stereocenters. The molecule has 6 nitrogen and oxygen atoms in total. The minimum Gasteiger partial charge on any atom is -0.497 e. The third-order valence-electron chi connectivity index (χ3n) is 4.16. The van der Waals surface area contributed by atoms with Crippen LogP contribution in [0.25, 0.3) is 0 Å². The molecule has 0 fully saturated rings. The molecule has 0 aliphatic heterocycles. The van der Waals surface area contributed by atoms with Crippen LogP contribution in [0.15, 0.2) is 77.2 Å². The summed E-state index contributed by atoms with van der Waals surface area (Å²) in [6, 6.07) is 12.2. The number of methoxy groups -OCH3 is 1. The van der Waals surface area contributed by atoms with E-state index in [0.29, 0.717) is 17.0 Å². The molecule has 0 saturated carbocycles. The number of hydrogen-bond acceptors (Lipinski definition) is 4. The summed E-state index contributed by atoms with van der Waals surface area (Å²) in [6.45, 7) is 1.96. The first-order valence-electron chi connectivity index (χ1n) is 8.65. The van der Waals surface area contributed by atoms with E-state index in [1.54, 1.807) is 30.3 Å². The molecule has 1 radical (unpaired) electrons. The number of carbonyl (C=O) groups is 1. The fourth-order valence-electron chi connectivity index (χ4n) is 2.74. The molecule has 0 aromatic heterocycles. The van der Waals surface area contributed by atoms with Gasteiger partial charge in [-0.15, -0.1) is 0 Å². The molecule has 2 aromatic carbocycles. The molecular weight excluding hydrogens is 376 g/mol. The van der Waals surface area contributed by atoms with Crippen LogP contribution < -0.4 is 14.8 Å². The fourth-order valence-corrected chi connectivity index (χ4v) is 3.79. The maximum absolute atomic E-state index is 12.6. The summed E-state index contributed by atoms with van der Waals surface area (Å²) in [5.41, 5.74) is 1.74. The Morgan fingerprint density at radius 2 is 1.86 bits per heavy atom. The van der Waals surface area contributed by atoms with Gasteiger partial charge in [0.05, 0.1) is 18.0 Å². The van der Waals surface area contributed by atoms with Gasteiger partial charge in [-0.25, -0.2) is 8.42 Å². The summed E-state index contributed by atoms with van der Waals surface area (Å²) in [6.07, 6.45) is 7.66. The Hall–Kier alpha value is -3.06. The maximum atomic E-state index is 12.6. The largest absolute Gasteiger partial charge is 0.497 e. The molecule has 1 amide bonds. The van der Waals surface area contributed by atoms with Crippen LogP contribution in [0.4, 0.5) is 5.69 Å². The fraction of sp³-hybridized carbons (Fsp3) is 0.143. The third kappa shape index (κ3) is 4.80. The van der Waals surface area contributed by atoms with Gasteiger partial charge < -0.3 is 10.1 Å². The van der Waals surface area contributed by atoms with E-state index in [9.17, 15) is 13.2 Å². The molecule has 3 rings (SSSR count). The Bertz CT molecular complexity index is 1020. The number of allylic oxidation sites excluding steroid dienone is 2. The lowest BCUT2D eigenvalue weighted by Crippen LogP contribution is -2.34. The first kappa shape index (κ1) is 19.7. The highest BCUT2D eigenvalue weighted by Gasteiger charge is 2.17. The van der Waals surface area contributed by atoms with Crippen molar-refractivity contribution >= 4 is 21.6 Å². The van der Waals surface area contributed by atoms with Gasteiger partial charge in [-0.05, 0) is 49.4 Å². The Labute approximate surface area is 165 Å². The van der Waals surface area contributed by atoms with Crippen LogP contribution >= 0.6 is 0 Å². The predicted molar refractivity (Wildman–Crippen MR) is 109 cm³/mol. The van der Waals surface area contributed by atoms with Crippen LogP contribution in [0, 0.1) is 6.42 Å². The Kier molecular flexibility index (Phi) is 5.84. The summed E-state index contributed by atoms with van der Waals surface area (Å²) < 4.78 is 32.7. The van der Waals surface area contributed by atoms with Crippen LogP contribution in [-0.2, 0) is 10.0 Å². The average Bonchev–Trinajstić information content (AvgIpc) is 2.68. The van der Waals surface area contributed by atoms with E-state index in [2.05, 4.69) is 10.0 Å². The molecule has 2 N–H and O–H groups in total. The Morgan fingerprint density at radius 1 is 1.11 bits per heavy atom. The first-order valence-corrected chi connectivity index (χ1v) is 10.1. The highest BCUT2D eigenvalue weighted by Crippen LogP contribution is 2.20. The number of sulfonamides is 1. The van der Waals surface area contributed by atoms with Gasteiger partial charge in [0.25, 0.3) is 15.9 Å². The Morgan fingerprint density at radius 3 is 2.54 bits per heavy atom. The van der Waals surface area contributed by atoms with Gasteiger partial charge in [0.15, 0.2) is 0 Å². The number of benzene rings is 2. The second-order valence-electron chi connectivity index (χ2n) is 6.32. The lowest BCUT2D eigenvalue weighted by molar-refractivity contribution is 0.0948. The minimum absolute atomic E-state index is 0.104. The van der Waals surface area contributed by atoms with Crippen molar-refractivity contribution in [2.24, 2.45) is 0 Å². The predicted octanol–water partition coefficient (Wildman–Crippen LogP) is 3.31. The van der Waals surface area contributed by atoms with E-state index in [1.165, 1.54) is 25.3 Å². The van der Waals surface area contributed by atoms with E-state index < -0.39 is 10.0 Å². The van der Waals surface area contributed by atoms with Crippen molar-refractivity contribution in [3.8, 4) is 5.75 Å². The molecule has 2 aromatic rings. The summed E-state index contributed by atoms with van der Waals surface area (Å²) in [5, 5.41) is 2.89. The lowest BCUT2D eigenvalue weighted by Gasteiger charge is -2.18. The van der Waals surface area contributed by atoms with Gasteiger partial charge in [-0.2, -0.15) is 0 Å². The number of ether oxygens (including phenoxy) is 1. The van der Waals surface area contributed by atoms with Gasteiger partial charge in [0.1, 0.15) is 5.75 Å². The third-order valence-corrected chi connectivity index (χ3v) is 5.56. The van der Waals surface area contributed by atoms with Crippen molar-refractivity contribution < 1.29 is 17.9 Å². The smallest absolute Gasteiger partial charge is 0.261 e. The second-order valence-corrected chi connectivity index (χ2v) is 8.01. The van der Waals surface area contributed by atoms with Gasteiger partial charge in [0.2, 0.25) is 0 Å². The van der Waals surface area contributed by atoms with Crippen molar-refractivity contribution in [2.75, 3.05) is 11.8 Å². The van der Waals surface area contributed by atoms with Gasteiger partial charge in [-0.1, -0.05) is 29.9 Å². The van der Waals surface area contributed by atoms with E-state index >= 15 is 0 Å². The summed E-state index contributed by atoms with van der Waals surface area (Å²) in [4.78, 5) is 12.6. The standard InChI is InChI=1S/C21H21N2O4S/c1-15-5-3-7-17(13-15)22-21(24)16-6-4-8-18(14-16)23-28(25,26)20-11-9-19(27-2)10-12-20/h3-14,17,23H,1-2H3,(H,22,24). The van der Waals surface area contributed by atoms with Gasteiger partial charge >= 0.3 is 0 Å². The molecule has 28 heavy (non-hydrogen) atoms. The Balaban J connectivity index is 1.72. The number of nitrogens with one attached hydrogen (secondary N) is 2. The molecule has 0 saturated heterocycles. The summed E-state index contributed by atoms with van der Waals surface area (Å²) in [5.74, 6) is 0.280. The summed E-state index contributed by atoms with van der Waals surface area (Å²) in [7, 11) is -2.27. The number of anilines is 1. The molecule has 1 atom stereocenters. The van der Waals surface area contributed by atoms with Crippen LogP contribution in [0.3, 0.4) is 0 Å². The number of rotatable bonds is 6. The van der Waals surface area contributed by atoms with Gasteiger partial charge in [-0.3, -0.25) is 9.52 Å². The van der Waals surface area contributed by atoms with Crippen molar-refractivity contribution in [3.05, 3.63) is 84.3 Å². The second kappa shape index (κ2) is 8.31. The molecule has 7 heteroatoms. The SMILES string of the molecule is COc1ccc(S(=O)(=O)Nc2cccc(C(=O)NC3[CH]C(C)=CC=C3)c2)cc1. The molecule has 145 valence electrons. The first-order chi connectivity index (χ1) is 13.4. The van der Waals surface area contributed by atoms with Crippen molar-refractivity contribution in [1.29, 1.82) is 0 Å². The highest BCUT2D eigenvalue weighted by molar-refractivity contribution is 7.92. The number of amides is 1. The number of hydrogen-bond donors (Lipinski definition) is 2. The van der Waals surface area contributed by atoms with E-state index in [0.717, 1.165) is 5.57 Å². The van der Waals surface area contributed by atoms with E-state index in [1.807, 2.05) is 31.6 Å². The van der Waals surface area contributed by atoms with Crippen LogP contribution in [0.1, 0.15) is 17.3 Å². The minimum atomic E-state index is -3.78. The zero-order chi connectivity index (χ0) is 20.1. The normalized spacial score (nSPS) is 16.2. The maximum Gasteiger partial charge on any atom is 0.261 e. The molecule has 0 heterocycles. The monoisotopic (exact) mass is 397 g/mol. The topological polar surface area (TPSA) is 84.5 Å². The zero-order valence-electron chi connectivity index (χ0n) is 15.5. The quantitative estimate of drug-likeness (QED) is 0.783. The highest BCUT2D eigenvalue weighted by atomic mass is 32.2.